The van der Waals surface area contributed by atoms with Gasteiger partial charge < -0.3 is 10.1 Å². The molecular formula is C16H33NO. The zero-order chi connectivity index (χ0) is 13.4. The van der Waals surface area contributed by atoms with E-state index in [9.17, 15) is 0 Å². The maximum absolute atomic E-state index is 6.08. The zero-order valence-corrected chi connectivity index (χ0v) is 12.9. The standard InChI is InChI=1S/C16H33NO/c1-14-11-15(13-16(2,3)12-14)18-10-8-6-5-7-9-17-4/h14-15,17H,5-13H2,1-4H3. The Hall–Kier alpha value is -0.0800. The van der Waals surface area contributed by atoms with E-state index in [0.717, 1.165) is 19.1 Å². The van der Waals surface area contributed by atoms with Crippen LogP contribution in [-0.4, -0.2) is 26.3 Å². The summed E-state index contributed by atoms with van der Waals surface area (Å²) in [5.74, 6) is 0.828. The van der Waals surface area contributed by atoms with Gasteiger partial charge in [0.1, 0.15) is 0 Å². The van der Waals surface area contributed by atoms with Crippen molar-refractivity contribution >= 4 is 0 Å². The third-order valence-corrected chi connectivity index (χ3v) is 4.02. The van der Waals surface area contributed by atoms with E-state index in [2.05, 4.69) is 26.1 Å². The van der Waals surface area contributed by atoms with Crippen molar-refractivity contribution in [2.45, 2.75) is 71.8 Å². The van der Waals surface area contributed by atoms with Crippen LogP contribution < -0.4 is 5.32 Å². The molecule has 0 aromatic rings. The molecule has 0 amide bonds. The highest BCUT2D eigenvalue weighted by Gasteiger charge is 2.32. The van der Waals surface area contributed by atoms with E-state index >= 15 is 0 Å². The number of rotatable bonds is 8. The fourth-order valence-corrected chi connectivity index (χ4v) is 3.39. The first-order chi connectivity index (χ1) is 8.53. The molecule has 0 heterocycles. The van der Waals surface area contributed by atoms with Crippen LogP contribution in [0.5, 0.6) is 0 Å². The first kappa shape index (κ1) is 16.0. The second-order valence-corrected chi connectivity index (χ2v) is 6.92. The van der Waals surface area contributed by atoms with E-state index in [1.807, 2.05) is 7.05 Å². The van der Waals surface area contributed by atoms with Crippen molar-refractivity contribution in [3.8, 4) is 0 Å². The van der Waals surface area contributed by atoms with Crippen LogP contribution in [0.2, 0.25) is 0 Å². The van der Waals surface area contributed by atoms with Gasteiger partial charge in [-0.1, -0.05) is 33.6 Å². The molecule has 1 N–H and O–H groups in total. The van der Waals surface area contributed by atoms with E-state index in [1.165, 1.54) is 44.9 Å². The number of hydrogen-bond donors (Lipinski definition) is 1. The second kappa shape index (κ2) is 8.16. The van der Waals surface area contributed by atoms with Crippen LogP contribution in [0, 0.1) is 11.3 Å². The van der Waals surface area contributed by atoms with E-state index in [1.54, 1.807) is 0 Å². The van der Waals surface area contributed by atoms with Crippen LogP contribution in [0.3, 0.4) is 0 Å². The molecule has 2 atom stereocenters. The summed E-state index contributed by atoms with van der Waals surface area (Å²) in [6.07, 6.45) is 9.56. The van der Waals surface area contributed by atoms with Crippen molar-refractivity contribution in [2.75, 3.05) is 20.2 Å². The lowest BCUT2D eigenvalue weighted by molar-refractivity contribution is -0.0240. The average molecular weight is 255 g/mol. The number of hydrogen-bond acceptors (Lipinski definition) is 2. The Bertz CT molecular complexity index is 215. The average Bonchev–Trinajstić information content (AvgIpc) is 2.25. The summed E-state index contributed by atoms with van der Waals surface area (Å²) in [5, 5.41) is 3.19. The molecule has 2 nitrogen and oxygen atoms in total. The molecule has 0 saturated heterocycles. The first-order valence-corrected chi connectivity index (χ1v) is 7.80. The molecule has 0 bridgehead atoms. The van der Waals surface area contributed by atoms with Gasteiger partial charge in [0, 0.05) is 6.61 Å². The molecule has 1 saturated carbocycles. The minimum Gasteiger partial charge on any atom is -0.378 e. The van der Waals surface area contributed by atoms with Gasteiger partial charge in [-0.2, -0.15) is 0 Å². The Balaban J connectivity index is 2.04. The maximum Gasteiger partial charge on any atom is 0.0582 e. The molecule has 0 radical (unpaired) electrons. The van der Waals surface area contributed by atoms with E-state index in [-0.39, 0.29) is 0 Å². The van der Waals surface area contributed by atoms with Crippen molar-refractivity contribution in [3.63, 3.8) is 0 Å². The first-order valence-electron chi connectivity index (χ1n) is 7.80. The largest absolute Gasteiger partial charge is 0.378 e. The number of ether oxygens (including phenoxy) is 1. The van der Waals surface area contributed by atoms with Crippen molar-refractivity contribution in [1.29, 1.82) is 0 Å². The number of unbranched alkanes of at least 4 members (excludes halogenated alkanes) is 3. The molecule has 1 fully saturated rings. The second-order valence-electron chi connectivity index (χ2n) is 6.92. The lowest BCUT2D eigenvalue weighted by Gasteiger charge is -2.38. The maximum atomic E-state index is 6.08. The molecular weight excluding hydrogens is 222 g/mol. The summed E-state index contributed by atoms with van der Waals surface area (Å²) in [6.45, 7) is 9.25. The predicted octanol–water partition coefficient (Wildman–Crippen LogP) is 4.00. The van der Waals surface area contributed by atoms with Gasteiger partial charge in [-0.05, 0) is 57.0 Å². The molecule has 0 aliphatic heterocycles. The van der Waals surface area contributed by atoms with Gasteiger partial charge in [-0.25, -0.2) is 0 Å². The highest BCUT2D eigenvalue weighted by atomic mass is 16.5. The Morgan fingerprint density at radius 3 is 2.50 bits per heavy atom. The topological polar surface area (TPSA) is 21.3 Å². The van der Waals surface area contributed by atoms with Crippen LogP contribution in [0.25, 0.3) is 0 Å². The fraction of sp³-hybridized carbons (Fsp3) is 1.00. The molecule has 1 rings (SSSR count). The zero-order valence-electron chi connectivity index (χ0n) is 12.9. The highest BCUT2D eigenvalue weighted by molar-refractivity contribution is 4.83. The van der Waals surface area contributed by atoms with Crippen LogP contribution in [-0.2, 0) is 4.74 Å². The van der Waals surface area contributed by atoms with Crippen LogP contribution in [0.1, 0.15) is 65.7 Å². The molecule has 2 heteroatoms. The third kappa shape index (κ3) is 6.75. The molecule has 0 aromatic heterocycles. The fourth-order valence-electron chi connectivity index (χ4n) is 3.39. The normalized spacial score (nSPS) is 27.3. The van der Waals surface area contributed by atoms with Crippen molar-refractivity contribution < 1.29 is 4.74 Å². The molecule has 18 heavy (non-hydrogen) atoms. The van der Waals surface area contributed by atoms with Gasteiger partial charge >= 0.3 is 0 Å². The Kier molecular flexibility index (Phi) is 7.25. The summed E-state index contributed by atoms with van der Waals surface area (Å²) in [7, 11) is 2.02. The summed E-state index contributed by atoms with van der Waals surface area (Å²) in [4.78, 5) is 0. The summed E-state index contributed by atoms with van der Waals surface area (Å²) < 4.78 is 6.08. The van der Waals surface area contributed by atoms with Gasteiger partial charge in [0.05, 0.1) is 6.10 Å². The van der Waals surface area contributed by atoms with Gasteiger partial charge in [-0.3, -0.25) is 0 Å². The summed E-state index contributed by atoms with van der Waals surface area (Å²) in [5.41, 5.74) is 0.481. The SMILES string of the molecule is CNCCCCCCOC1CC(C)CC(C)(C)C1. The van der Waals surface area contributed by atoms with E-state index < -0.39 is 0 Å². The van der Waals surface area contributed by atoms with Gasteiger partial charge in [-0.15, -0.1) is 0 Å². The lowest BCUT2D eigenvalue weighted by atomic mass is 9.71. The Morgan fingerprint density at radius 2 is 1.83 bits per heavy atom. The molecule has 108 valence electrons. The van der Waals surface area contributed by atoms with Gasteiger partial charge in [0.25, 0.3) is 0 Å². The monoisotopic (exact) mass is 255 g/mol. The molecule has 2 unspecified atom stereocenters. The molecule has 0 spiro atoms. The quantitative estimate of drug-likeness (QED) is 0.662. The third-order valence-electron chi connectivity index (χ3n) is 4.02. The van der Waals surface area contributed by atoms with Crippen molar-refractivity contribution in [3.05, 3.63) is 0 Å². The highest BCUT2D eigenvalue weighted by Crippen LogP contribution is 2.39. The molecule has 1 aliphatic rings. The summed E-state index contributed by atoms with van der Waals surface area (Å²) in [6, 6.07) is 0. The minimum atomic E-state index is 0.481. The van der Waals surface area contributed by atoms with Crippen LogP contribution in [0.4, 0.5) is 0 Å². The lowest BCUT2D eigenvalue weighted by Crippen LogP contribution is -2.32. The smallest absolute Gasteiger partial charge is 0.0582 e. The van der Waals surface area contributed by atoms with Gasteiger partial charge in [0.2, 0.25) is 0 Å². The van der Waals surface area contributed by atoms with E-state index in [4.69, 9.17) is 4.74 Å². The van der Waals surface area contributed by atoms with Crippen LogP contribution >= 0.6 is 0 Å². The molecule has 1 aliphatic carbocycles. The van der Waals surface area contributed by atoms with Crippen molar-refractivity contribution in [2.24, 2.45) is 11.3 Å². The number of nitrogens with one attached hydrogen (secondary N) is 1. The van der Waals surface area contributed by atoms with Gasteiger partial charge in [0.15, 0.2) is 0 Å². The van der Waals surface area contributed by atoms with Crippen LogP contribution in [0.15, 0.2) is 0 Å². The minimum absolute atomic E-state index is 0.481. The summed E-state index contributed by atoms with van der Waals surface area (Å²) >= 11 is 0. The molecule has 0 aromatic carbocycles. The van der Waals surface area contributed by atoms with E-state index in [0.29, 0.717) is 11.5 Å². The van der Waals surface area contributed by atoms with Crippen molar-refractivity contribution in [1.82, 2.24) is 5.32 Å². The Labute approximate surface area is 114 Å². The Morgan fingerprint density at radius 1 is 1.11 bits per heavy atom. The predicted molar refractivity (Wildman–Crippen MR) is 78.9 cm³/mol.